The summed E-state index contributed by atoms with van der Waals surface area (Å²) in [5.41, 5.74) is 1.52. The van der Waals surface area contributed by atoms with Crippen LogP contribution in [0.3, 0.4) is 0 Å². The first-order valence-corrected chi connectivity index (χ1v) is 5.54. The molecule has 0 amide bonds. The molecule has 0 radical (unpaired) electrons. The van der Waals surface area contributed by atoms with E-state index in [4.69, 9.17) is 0 Å². The number of hydrogen-bond donors (Lipinski definition) is 1. The maximum atomic E-state index is 10.6. The molecule has 2 nitrogen and oxygen atoms in total. The first-order chi connectivity index (χ1) is 7.31. The highest BCUT2D eigenvalue weighted by Gasteiger charge is 2.24. The second-order valence-electron chi connectivity index (χ2n) is 4.28. The minimum Gasteiger partial charge on any atom is -0.388 e. The maximum absolute atomic E-state index is 10.6. The molecule has 1 unspecified atom stereocenters. The Morgan fingerprint density at radius 3 is 2.73 bits per heavy atom. The largest absolute Gasteiger partial charge is 0.388 e. The lowest BCUT2D eigenvalue weighted by molar-refractivity contribution is 0.110. The third-order valence-corrected chi connectivity index (χ3v) is 3.23. The van der Waals surface area contributed by atoms with E-state index < -0.39 is 6.10 Å². The van der Waals surface area contributed by atoms with Gasteiger partial charge in [-0.15, -0.1) is 0 Å². The third kappa shape index (κ3) is 2.26. The lowest BCUT2D eigenvalue weighted by atomic mass is 9.93. The predicted octanol–water partition coefficient (Wildman–Crippen LogP) is 2.72. The van der Waals surface area contributed by atoms with Crippen molar-refractivity contribution < 1.29 is 9.90 Å². The molecule has 0 aliphatic heterocycles. The van der Waals surface area contributed by atoms with Crippen LogP contribution in [0.1, 0.15) is 47.7 Å². The van der Waals surface area contributed by atoms with Crippen LogP contribution < -0.4 is 0 Å². The maximum Gasteiger partial charge on any atom is 0.150 e. The van der Waals surface area contributed by atoms with Crippen LogP contribution in [0.15, 0.2) is 24.3 Å². The summed E-state index contributed by atoms with van der Waals surface area (Å²) < 4.78 is 0. The van der Waals surface area contributed by atoms with Gasteiger partial charge in [0.2, 0.25) is 0 Å². The summed E-state index contributed by atoms with van der Waals surface area (Å²) in [7, 11) is 0. The van der Waals surface area contributed by atoms with Crippen molar-refractivity contribution in [3.05, 3.63) is 35.4 Å². The van der Waals surface area contributed by atoms with Crippen LogP contribution in [0.5, 0.6) is 0 Å². The summed E-state index contributed by atoms with van der Waals surface area (Å²) in [6.07, 6.45) is 5.07. The third-order valence-electron chi connectivity index (χ3n) is 3.23. The first-order valence-electron chi connectivity index (χ1n) is 5.54. The van der Waals surface area contributed by atoms with Crippen LogP contribution in [-0.2, 0) is 0 Å². The van der Waals surface area contributed by atoms with Gasteiger partial charge in [-0.1, -0.05) is 31.0 Å². The van der Waals surface area contributed by atoms with Gasteiger partial charge in [0.25, 0.3) is 0 Å². The van der Waals surface area contributed by atoms with Crippen molar-refractivity contribution in [3.8, 4) is 0 Å². The summed E-state index contributed by atoms with van der Waals surface area (Å²) in [6.45, 7) is 0. The van der Waals surface area contributed by atoms with Gasteiger partial charge in [-0.05, 0) is 30.4 Å². The Morgan fingerprint density at radius 1 is 1.33 bits per heavy atom. The summed E-state index contributed by atoms with van der Waals surface area (Å²) in [5, 5.41) is 10.1. The normalized spacial score (nSPS) is 19.0. The highest BCUT2D eigenvalue weighted by molar-refractivity contribution is 5.74. The molecule has 1 aromatic carbocycles. The molecule has 80 valence electrons. The second kappa shape index (κ2) is 4.58. The average Bonchev–Trinajstić information content (AvgIpc) is 2.81. The molecular weight excluding hydrogens is 188 g/mol. The molecule has 2 rings (SSSR count). The Balaban J connectivity index is 2.16. The van der Waals surface area contributed by atoms with E-state index >= 15 is 0 Å². The predicted molar refractivity (Wildman–Crippen MR) is 58.7 cm³/mol. The number of rotatable bonds is 3. The van der Waals surface area contributed by atoms with Gasteiger partial charge in [0.05, 0.1) is 6.10 Å². The van der Waals surface area contributed by atoms with E-state index in [1.165, 1.54) is 12.8 Å². The van der Waals surface area contributed by atoms with Gasteiger partial charge >= 0.3 is 0 Å². The number of aliphatic hydroxyl groups excluding tert-OH is 1. The zero-order valence-corrected chi connectivity index (χ0v) is 8.73. The fourth-order valence-electron chi connectivity index (χ4n) is 2.36. The molecule has 1 aliphatic rings. The van der Waals surface area contributed by atoms with Crippen molar-refractivity contribution in [1.82, 2.24) is 0 Å². The Labute approximate surface area is 89.9 Å². The fourth-order valence-corrected chi connectivity index (χ4v) is 2.36. The lowest BCUT2D eigenvalue weighted by Gasteiger charge is -2.18. The van der Waals surface area contributed by atoms with E-state index in [1.807, 2.05) is 12.1 Å². The van der Waals surface area contributed by atoms with Gasteiger partial charge in [-0.25, -0.2) is 0 Å². The lowest BCUT2D eigenvalue weighted by Crippen LogP contribution is -2.09. The van der Waals surface area contributed by atoms with Crippen LogP contribution >= 0.6 is 0 Å². The summed E-state index contributed by atoms with van der Waals surface area (Å²) >= 11 is 0. The summed E-state index contributed by atoms with van der Waals surface area (Å²) in [6, 6.07) is 7.28. The quantitative estimate of drug-likeness (QED) is 0.769. The number of carbonyl (C=O) groups is 1. The van der Waals surface area contributed by atoms with Crippen molar-refractivity contribution in [3.63, 3.8) is 0 Å². The van der Waals surface area contributed by atoms with Gasteiger partial charge in [-0.2, -0.15) is 0 Å². The topological polar surface area (TPSA) is 37.3 Å². The molecule has 15 heavy (non-hydrogen) atoms. The van der Waals surface area contributed by atoms with Gasteiger partial charge < -0.3 is 5.11 Å². The highest BCUT2D eigenvalue weighted by Crippen LogP contribution is 2.35. The molecule has 1 aromatic rings. The zero-order chi connectivity index (χ0) is 10.7. The monoisotopic (exact) mass is 204 g/mol. The smallest absolute Gasteiger partial charge is 0.150 e. The molecule has 1 saturated carbocycles. The molecule has 2 heteroatoms. The van der Waals surface area contributed by atoms with E-state index in [9.17, 15) is 9.90 Å². The van der Waals surface area contributed by atoms with Gasteiger partial charge in [0.1, 0.15) is 6.29 Å². The number of aliphatic hydroxyl groups is 1. The van der Waals surface area contributed by atoms with Gasteiger partial charge in [0, 0.05) is 5.56 Å². The molecule has 0 saturated heterocycles. The summed E-state index contributed by atoms with van der Waals surface area (Å²) in [4.78, 5) is 10.6. The standard InChI is InChI=1S/C13H16O2/c14-9-10-4-3-7-12(8-10)13(15)11-5-1-2-6-11/h3-4,7-9,11,13,15H,1-2,5-6H2. The molecule has 1 aliphatic carbocycles. The van der Waals surface area contributed by atoms with E-state index in [0.717, 1.165) is 24.7 Å². The van der Waals surface area contributed by atoms with Crippen LogP contribution in [0, 0.1) is 5.92 Å². The molecule has 1 atom stereocenters. The van der Waals surface area contributed by atoms with Crippen molar-refractivity contribution in [2.45, 2.75) is 31.8 Å². The van der Waals surface area contributed by atoms with Gasteiger partial charge in [-0.3, -0.25) is 4.79 Å². The number of aldehydes is 1. The fraction of sp³-hybridized carbons (Fsp3) is 0.462. The Bertz CT molecular complexity index is 340. The average molecular weight is 204 g/mol. The zero-order valence-electron chi connectivity index (χ0n) is 8.73. The molecule has 1 N–H and O–H groups in total. The van der Waals surface area contributed by atoms with E-state index in [0.29, 0.717) is 11.5 Å². The molecule has 1 fully saturated rings. The molecular formula is C13H16O2. The minimum absolute atomic E-state index is 0.381. The SMILES string of the molecule is O=Cc1cccc(C(O)C2CCCC2)c1. The Morgan fingerprint density at radius 2 is 2.07 bits per heavy atom. The van der Waals surface area contributed by atoms with E-state index in [1.54, 1.807) is 12.1 Å². The number of hydrogen-bond acceptors (Lipinski definition) is 2. The number of benzene rings is 1. The van der Waals surface area contributed by atoms with E-state index in [2.05, 4.69) is 0 Å². The van der Waals surface area contributed by atoms with Gasteiger partial charge in [0.15, 0.2) is 0 Å². The van der Waals surface area contributed by atoms with Crippen LogP contribution in [0.4, 0.5) is 0 Å². The van der Waals surface area contributed by atoms with Crippen LogP contribution in [0.2, 0.25) is 0 Å². The molecule has 0 aromatic heterocycles. The van der Waals surface area contributed by atoms with Crippen molar-refractivity contribution in [2.75, 3.05) is 0 Å². The first kappa shape index (κ1) is 10.4. The van der Waals surface area contributed by atoms with Crippen LogP contribution in [-0.4, -0.2) is 11.4 Å². The summed E-state index contributed by atoms with van der Waals surface area (Å²) in [5.74, 6) is 0.381. The molecule has 0 heterocycles. The number of carbonyl (C=O) groups excluding carboxylic acids is 1. The minimum atomic E-state index is -0.396. The molecule has 0 spiro atoms. The van der Waals surface area contributed by atoms with Crippen molar-refractivity contribution in [2.24, 2.45) is 5.92 Å². The van der Waals surface area contributed by atoms with Crippen molar-refractivity contribution in [1.29, 1.82) is 0 Å². The highest BCUT2D eigenvalue weighted by atomic mass is 16.3. The Kier molecular flexibility index (Phi) is 3.17. The van der Waals surface area contributed by atoms with E-state index in [-0.39, 0.29) is 0 Å². The second-order valence-corrected chi connectivity index (χ2v) is 4.28. The van der Waals surface area contributed by atoms with Crippen molar-refractivity contribution >= 4 is 6.29 Å². The molecule has 0 bridgehead atoms. The van der Waals surface area contributed by atoms with Crippen LogP contribution in [0.25, 0.3) is 0 Å². The Hall–Kier alpha value is -1.15.